The van der Waals surface area contributed by atoms with E-state index in [0.29, 0.717) is 0 Å². The zero-order valence-corrected chi connectivity index (χ0v) is 15.0. The molecule has 1 aromatic carbocycles. The van der Waals surface area contributed by atoms with Gasteiger partial charge in [0.05, 0.1) is 12.4 Å². The molecule has 7 heteroatoms. The van der Waals surface area contributed by atoms with E-state index in [1.165, 1.54) is 11.8 Å². The van der Waals surface area contributed by atoms with Crippen molar-refractivity contribution in [3.63, 3.8) is 0 Å². The molecule has 0 bridgehead atoms. The van der Waals surface area contributed by atoms with Gasteiger partial charge < -0.3 is 14.2 Å². The first-order valence-electron chi connectivity index (χ1n) is 8.09. The van der Waals surface area contributed by atoms with E-state index in [-0.39, 0.29) is 11.2 Å². The standard InChI is InChI=1S/C17H22N4O2S/c1-12(16(22)21-10-4-5-11-21)24-17-19-18-15(20(17)2)13-6-8-14(23-3)9-7-13/h6-9,12H,4-5,10-11H2,1-3H3. The zero-order valence-electron chi connectivity index (χ0n) is 14.2. The van der Waals surface area contributed by atoms with Crippen LogP contribution < -0.4 is 4.74 Å². The Bertz CT molecular complexity index is 708. The van der Waals surface area contributed by atoms with Crippen LogP contribution in [0.25, 0.3) is 11.4 Å². The normalized spacial score (nSPS) is 15.5. The summed E-state index contributed by atoms with van der Waals surface area (Å²) >= 11 is 1.46. The van der Waals surface area contributed by atoms with E-state index < -0.39 is 0 Å². The number of carbonyl (C=O) groups is 1. The van der Waals surface area contributed by atoms with Crippen LogP contribution in [0.2, 0.25) is 0 Å². The lowest BCUT2D eigenvalue weighted by atomic mass is 10.2. The zero-order chi connectivity index (χ0) is 17.1. The number of benzene rings is 1. The second kappa shape index (κ2) is 7.25. The molecule has 1 aliphatic rings. The lowest BCUT2D eigenvalue weighted by Crippen LogP contribution is -2.34. The molecule has 1 amide bonds. The molecule has 0 N–H and O–H groups in total. The van der Waals surface area contributed by atoms with Gasteiger partial charge in [0.15, 0.2) is 11.0 Å². The number of thioether (sulfide) groups is 1. The number of likely N-dealkylation sites (tertiary alicyclic amines) is 1. The molecule has 0 spiro atoms. The topological polar surface area (TPSA) is 60.3 Å². The Hall–Kier alpha value is -2.02. The van der Waals surface area contributed by atoms with Crippen LogP contribution in [0, 0.1) is 0 Å². The van der Waals surface area contributed by atoms with Crippen LogP contribution in [0.15, 0.2) is 29.4 Å². The number of carbonyl (C=O) groups excluding carboxylic acids is 1. The third kappa shape index (κ3) is 3.40. The van der Waals surface area contributed by atoms with Crippen molar-refractivity contribution in [3.05, 3.63) is 24.3 Å². The van der Waals surface area contributed by atoms with Gasteiger partial charge in [-0.05, 0) is 44.0 Å². The molecule has 2 aromatic rings. The van der Waals surface area contributed by atoms with Gasteiger partial charge in [0, 0.05) is 25.7 Å². The maximum atomic E-state index is 12.4. The van der Waals surface area contributed by atoms with Gasteiger partial charge in [0.1, 0.15) is 5.75 Å². The second-order valence-electron chi connectivity index (χ2n) is 5.89. The van der Waals surface area contributed by atoms with Gasteiger partial charge in [-0.1, -0.05) is 11.8 Å². The van der Waals surface area contributed by atoms with Gasteiger partial charge in [-0.15, -0.1) is 10.2 Å². The van der Waals surface area contributed by atoms with Crippen molar-refractivity contribution < 1.29 is 9.53 Å². The van der Waals surface area contributed by atoms with Crippen LogP contribution in [0.4, 0.5) is 0 Å². The summed E-state index contributed by atoms with van der Waals surface area (Å²) < 4.78 is 7.11. The summed E-state index contributed by atoms with van der Waals surface area (Å²) in [4.78, 5) is 14.4. The molecule has 24 heavy (non-hydrogen) atoms. The van der Waals surface area contributed by atoms with Gasteiger partial charge in [0.2, 0.25) is 5.91 Å². The first-order chi connectivity index (χ1) is 11.6. The van der Waals surface area contributed by atoms with Gasteiger partial charge in [-0.2, -0.15) is 0 Å². The number of nitrogens with zero attached hydrogens (tertiary/aromatic N) is 4. The summed E-state index contributed by atoms with van der Waals surface area (Å²) in [5, 5.41) is 9.13. The Morgan fingerprint density at radius 2 is 1.88 bits per heavy atom. The van der Waals surface area contributed by atoms with E-state index in [1.807, 2.05) is 47.7 Å². The van der Waals surface area contributed by atoms with E-state index in [9.17, 15) is 4.79 Å². The molecule has 1 saturated heterocycles. The van der Waals surface area contributed by atoms with Crippen molar-refractivity contribution in [1.82, 2.24) is 19.7 Å². The highest BCUT2D eigenvalue weighted by molar-refractivity contribution is 8.00. The quantitative estimate of drug-likeness (QED) is 0.779. The number of methoxy groups -OCH3 is 1. The largest absolute Gasteiger partial charge is 0.497 e. The van der Waals surface area contributed by atoms with Crippen LogP contribution in [0.1, 0.15) is 19.8 Å². The van der Waals surface area contributed by atoms with Gasteiger partial charge in [-0.3, -0.25) is 4.79 Å². The molecule has 2 heterocycles. The van der Waals surface area contributed by atoms with Crippen LogP contribution in [-0.2, 0) is 11.8 Å². The fourth-order valence-corrected chi connectivity index (χ4v) is 3.71. The van der Waals surface area contributed by atoms with Crippen LogP contribution in [0.3, 0.4) is 0 Å². The minimum absolute atomic E-state index is 0.158. The maximum absolute atomic E-state index is 12.4. The highest BCUT2D eigenvalue weighted by Crippen LogP contribution is 2.28. The van der Waals surface area contributed by atoms with Crippen molar-refractivity contribution in [1.29, 1.82) is 0 Å². The summed E-state index contributed by atoms with van der Waals surface area (Å²) in [5.74, 6) is 1.77. The summed E-state index contributed by atoms with van der Waals surface area (Å²) in [5.41, 5.74) is 0.969. The van der Waals surface area contributed by atoms with E-state index in [0.717, 1.165) is 48.2 Å². The van der Waals surface area contributed by atoms with E-state index >= 15 is 0 Å². The molecule has 1 atom stereocenters. The van der Waals surface area contributed by atoms with Crippen molar-refractivity contribution in [3.8, 4) is 17.1 Å². The molecule has 1 aromatic heterocycles. The molecule has 1 fully saturated rings. The highest BCUT2D eigenvalue weighted by Gasteiger charge is 2.25. The molecule has 3 rings (SSSR count). The average molecular weight is 346 g/mol. The number of hydrogen-bond acceptors (Lipinski definition) is 5. The molecule has 0 saturated carbocycles. The Morgan fingerprint density at radius 1 is 1.21 bits per heavy atom. The predicted octanol–water partition coefficient (Wildman–Crippen LogP) is 2.59. The fourth-order valence-electron chi connectivity index (χ4n) is 2.81. The summed E-state index contributed by atoms with van der Waals surface area (Å²) in [6.45, 7) is 3.69. The second-order valence-corrected chi connectivity index (χ2v) is 7.19. The molecule has 0 radical (unpaired) electrons. The number of aromatic nitrogens is 3. The Kier molecular flexibility index (Phi) is 5.08. The Balaban J connectivity index is 1.73. The van der Waals surface area contributed by atoms with E-state index in [2.05, 4.69) is 10.2 Å². The Labute approximate surface area is 146 Å². The van der Waals surface area contributed by atoms with Crippen molar-refractivity contribution in [2.45, 2.75) is 30.2 Å². The first kappa shape index (κ1) is 16.8. The maximum Gasteiger partial charge on any atom is 0.235 e. The lowest BCUT2D eigenvalue weighted by Gasteiger charge is -2.19. The molecule has 6 nitrogen and oxygen atoms in total. The SMILES string of the molecule is COc1ccc(-c2nnc(SC(C)C(=O)N3CCCC3)n2C)cc1. The van der Waals surface area contributed by atoms with Crippen LogP contribution >= 0.6 is 11.8 Å². The lowest BCUT2D eigenvalue weighted by molar-refractivity contribution is -0.129. The minimum atomic E-state index is -0.158. The summed E-state index contributed by atoms with van der Waals surface area (Å²) in [6, 6.07) is 7.71. The highest BCUT2D eigenvalue weighted by atomic mass is 32.2. The number of rotatable bonds is 5. The molecular formula is C17H22N4O2S. The third-order valence-electron chi connectivity index (χ3n) is 4.23. The van der Waals surface area contributed by atoms with Crippen molar-refractivity contribution >= 4 is 17.7 Å². The first-order valence-corrected chi connectivity index (χ1v) is 8.97. The Morgan fingerprint density at radius 3 is 2.50 bits per heavy atom. The number of amides is 1. The van der Waals surface area contributed by atoms with E-state index in [1.54, 1.807) is 7.11 Å². The van der Waals surface area contributed by atoms with Gasteiger partial charge in [-0.25, -0.2) is 0 Å². The monoisotopic (exact) mass is 346 g/mol. The van der Waals surface area contributed by atoms with Gasteiger partial charge >= 0.3 is 0 Å². The minimum Gasteiger partial charge on any atom is -0.497 e. The molecule has 0 aliphatic carbocycles. The summed E-state index contributed by atoms with van der Waals surface area (Å²) in [7, 11) is 3.57. The van der Waals surface area contributed by atoms with Gasteiger partial charge in [0.25, 0.3) is 0 Å². The predicted molar refractivity (Wildman–Crippen MR) is 94.1 cm³/mol. The van der Waals surface area contributed by atoms with Crippen molar-refractivity contribution in [2.75, 3.05) is 20.2 Å². The number of hydrogen-bond donors (Lipinski definition) is 0. The van der Waals surface area contributed by atoms with Crippen molar-refractivity contribution in [2.24, 2.45) is 7.05 Å². The van der Waals surface area contributed by atoms with E-state index in [4.69, 9.17) is 4.74 Å². The van der Waals surface area contributed by atoms with Crippen LogP contribution in [-0.4, -0.2) is 51.0 Å². The summed E-state index contributed by atoms with van der Waals surface area (Å²) in [6.07, 6.45) is 2.21. The average Bonchev–Trinajstić information content (AvgIpc) is 3.25. The molecular weight excluding hydrogens is 324 g/mol. The number of ether oxygens (including phenoxy) is 1. The molecule has 128 valence electrons. The third-order valence-corrected chi connectivity index (χ3v) is 5.35. The van der Waals surface area contributed by atoms with Crippen LogP contribution in [0.5, 0.6) is 5.75 Å². The molecule has 1 aliphatic heterocycles. The molecule has 1 unspecified atom stereocenters. The fraction of sp³-hybridized carbons (Fsp3) is 0.471. The smallest absolute Gasteiger partial charge is 0.235 e.